The van der Waals surface area contributed by atoms with Crippen LogP contribution in [-0.2, 0) is 0 Å². The van der Waals surface area contributed by atoms with Gasteiger partial charge in [0.05, 0.1) is 10.0 Å². The predicted molar refractivity (Wildman–Crippen MR) is 79.6 cm³/mol. The molecule has 0 aliphatic heterocycles. The van der Waals surface area contributed by atoms with Crippen molar-refractivity contribution in [2.45, 2.75) is 32.1 Å². The highest BCUT2D eigenvalue weighted by atomic mass is 35.5. The quantitative estimate of drug-likeness (QED) is 0.846. The van der Waals surface area contributed by atoms with Gasteiger partial charge in [-0.1, -0.05) is 42.6 Å². The van der Waals surface area contributed by atoms with Gasteiger partial charge in [0.1, 0.15) is 0 Å². The molecule has 1 aliphatic rings. The van der Waals surface area contributed by atoms with Gasteiger partial charge in [-0.3, -0.25) is 0 Å². The third-order valence-corrected chi connectivity index (χ3v) is 4.83. The molecule has 100 valence electrons. The number of benzene rings is 1. The van der Waals surface area contributed by atoms with E-state index in [1.54, 1.807) is 0 Å². The first kappa shape index (κ1) is 14.2. The van der Waals surface area contributed by atoms with Crippen LogP contribution in [0.2, 0.25) is 10.0 Å². The summed E-state index contributed by atoms with van der Waals surface area (Å²) < 4.78 is 0. The van der Waals surface area contributed by atoms with Crippen molar-refractivity contribution in [3.05, 3.63) is 33.8 Å². The summed E-state index contributed by atoms with van der Waals surface area (Å²) in [6.45, 7) is 3.43. The Labute approximate surface area is 120 Å². The van der Waals surface area contributed by atoms with Crippen LogP contribution in [0.15, 0.2) is 18.2 Å². The zero-order chi connectivity index (χ0) is 13.1. The molecule has 0 aromatic heterocycles. The number of nitrogens with one attached hydrogen (secondary N) is 1. The molecule has 1 aromatic carbocycles. The second-order valence-electron chi connectivity index (χ2n) is 5.52. The molecule has 2 rings (SSSR count). The maximum atomic E-state index is 6.15. The fourth-order valence-corrected chi connectivity index (χ4v) is 3.41. The van der Waals surface area contributed by atoms with Crippen LogP contribution < -0.4 is 5.32 Å². The summed E-state index contributed by atoms with van der Waals surface area (Å²) in [5, 5.41) is 4.64. The molecule has 1 nitrogen and oxygen atoms in total. The van der Waals surface area contributed by atoms with Gasteiger partial charge in [-0.2, -0.15) is 0 Å². The Morgan fingerprint density at radius 1 is 1.22 bits per heavy atom. The van der Waals surface area contributed by atoms with E-state index in [1.165, 1.54) is 24.8 Å². The molecule has 1 N–H and O–H groups in total. The molecule has 1 saturated carbocycles. The van der Waals surface area contributed by atoms with E-state index in [-0.39, 0.29) is 0 Å². The van der Waals surface area contributed by atoms with Crippen LogP contribution in [0, 0.1) is 11.8 Å². The Bertz CT molecular complexity index is 405. The second kappa shape index (κ2) is 6.27. The van der Waals surface area contributed by atoms with E-state index < -0.39 is 0 Å². The first-order chi connectivity index (χ1) is 8.61. The van der Waals surface area contributed by atoms with Crippen molar-refractivity contribution in [3.63, 3.8) is 0 Å². The van der Waals surface area contributed by atoms with Crippen molar-refractivity contribution < 1.29 is 0 Å². The summed E-state index contributed by atoms with van der Waals surface area (Å²) >= 11 is 12.1. The molecule has 1 aromatic rings. The first-order valence-corrected chi connectivity index (χ1v) is 7.47. The van der Waals surface area contributed by atoms with Gasteiger partial charge in [0.2, 0.25) is 0 Å². The highest BCUT2D eigenvalue weighted by Crippen LogP contribution is 2.41. The van der Waals surface area contributed by atoms with E-state index in [0.29, 0.717) is 21.9 Å². The van der Waals surface area contributed by atoms with Gasteiger partial charge in [-0.05, 0) is 61.9 Å². The highest BCUT2D eigenvalue weighted by molar-refractivity contribution is 6.42. The molecule has 0 spiro atoms. The molecule has 3 heteroatoms. The van der Waals surface area contributed by atoms with E-state index in [1.807, 2.05) is 13.1 Å². The molecule has 3 atom stereocenters. The van der Waals surface area contributed by atoms with Gasteiger partial charge < -0.3 is 5.32 Å². The first-order valence-electron chi connectivity index (χ1n) is 6.71. The molecule has 1 fully saturated rings. The maximum absolute atomic E-state index is 6.15. The fourth-order valence-electron chi connectivity index (χ4n) is 3.10. The van der Waals surface area contributed by atoms with Crippen LogP contribution in [0.1, 0.15) is 37.7 Å². The summed E-state index contributed by atoms with van der Waals surface area (Å²) in [5.41, 5.74) is 1.34. The minimum atomic E-state index is 0.607. The van der Waals surface area contributed by atoms with Crippen molar-refractivity contribution in [2.24, 2.45) is 11.8 Å². The van der Waals surface area contributed by atoms with Crippen LogP contribution >= 0.6 is 23.2 Å². The molecule has 0 radical (unpaired) electrons. The van der Waals surface area contributed by atoms with E-state index in [9.17, 15) is 0 Å². The normalized spacial score (nSPS) is 28.3. The van der Waals surface area contributed by atoms with E-state index in [2.05, 4.69) is 24.4 Å². The Balaban J connectivity index is 2.23. The summed E-state index contributed by atoms with van der Waals surface area (Å²) in [4.78, 5) is 0. The standard InChI is InChI=1S/C15H21Cl2N/c1-10-3-4-12(9-18-2)13(7-10)11-5-6-14(16)15(17)8-11/h5-6,8,10,12-13,18H,3-4,7,9H2,1-2H3. The minimum Gasteiger partial charge on any atom is -0.319 e. The summed E-state index contributed by atoms with van der Waals surface area (Å²) in [6.07, 6.45) is 3.89. The summed E-state index contributed by atoms with van der Waals surface area (Å²) in [7, 11) is 2.03. The van der Waals surface area contributed by atoms with Gasteiger partial charge >= 0.3 is 0 Å². The fraction of sp³-hybridized carbons (Fsp3) is 0.600. The smallest absolute Gasteiger partial charge is 0.0595 e. The Morgan fingerprint density at radius 2 is 2.00 bits per heavy atom. The SMILES string of the molecule is CNCC1CCC(C)CC1c1ccc(Cl)c(Cl)c1. The van der Waals surface area contributed by atoms with Gasteiger partial charge in [0.15, 0.2) is 0 Å². The molecular weight excluding hydrogens is 265 g/mol. The van der Waals surface area contributed by atoms with E-state index >= 15 is 0 Å². The predicted octanol–water partition coefficient (Wildman–Crippen LogP) is 4.73. The zero-order valence-corrected chi connectivity index (χ0v) is 12.6. The molecule has 0 saturated heterocycles. The summed E-state index contributed by atoms with van der Waals surface area (Å²) in [5.74, 6) is 2.12. The van der Waals surface area contributed by atoms with Crippen LogP contribution in [0.4, 0.5) is 0 Å². The lowest BCUT2D eigenvalue weighted by atomic mass is 9.71. The number of rotatable bonds is 3. The lowest BCUT2D eigenvalue weighted by molar-refractivity contribution is 0.245. The highest BCUT2D eigenvalue weighted by Gasteiger charge is 2.29. The number of hydrogen-bond donors (Lipinski definition) is 1. The lowest BCUT2D eigenvalue weighted by Gasteiger charge is -2.35. The average molecular weight is 286 g/mol. The van der Waals surface area contributed by atoms with Crippen molar-refractivity contribution in [3.8, 4) is 0 Å². The van der Waals surface area contributed by atoms with E-state index in [0.717, 1.165) is 12.5 Å². The van der Waals surface area contributed by atoms with Gasteiger partial charge in [-0.15, -0.1) is 0 Å². The van der Waals surface area contributed by atoms with Gasteiger partial charge in [-0.25, -0.2) is 0 Å². The Hall–Kier alpha value is -0.240. The van der Waals surface area contributed by atoms with Crippen molar-refractivity contribution in [1.29, 1.82) is 0 Å². The van der Waals surface area contributed by atoms with Crippen LogP contribution in [-0.4, -0.2) is 13.6 Å². The Kier molecular flexibility index (Phi) is 4.94. The van der Waals surface area contributed by atoms with Gasteiger partial charge in [0.25, 0.3) is 0 Å². The molecule has 0 heterocycles. The Morgan fingerprint density at radius 3 is 2.67 bits per heavy atom. The molecule has 0 bridgehead atoms. The lowest BCUT2D eigenvalue weighted by Crippen LogP contribution is -2.29. The minimum absolute atomic E-state index is 0.607. The molecule has 18 heavy (non-hydrogen) atoms. The number of hydrogen-bond acceptors (Lipinski definition) is 1. The number of halogens is 2. The maximum Gasteiger partial charge on any atom is 0.0595 e. The second-order valence-corrected chi connectivity index (χ2v) is 6.33. The third kappa shape index (κ3) is 3.20. The molecule has 3 unspecified atom stereocenters. The molecular formula is C15H21Cl2N. The topological polar surface area (TPSA) is 12.0 Å². The molecule has 0 amide bonds. The monoisotopic (exact) mass is 285 g/mol. The van der Waals surface area contributed by atoms with Crippen molar-refractivity contribution in [1.82, 2.24) is 5.32 Å². The van der Waals surface area contributed by atoms with E-state index in [4.69, 9.17) is 23.2 Å². The zero-order valence-electron chi connectivity index (χ0n) is 11.0. The van der Waals surface area contributed by atoms with Crippen LogP contribution in [0.25, 0.3) is 0 Å². The van der Waals surface area contributed by atoms with Crippen molar-refractivity contribution >= 4 is 23.2 Å². The average Bonchev–Trinajstić information content (AvgIpc) is 2.35. The van der Waals surface area contributed by atoms with Gasteiger partial charge in [0, 0.05) is 0 Å². The van der Waals surface area contributed by atoms with Crippen LogP contribution in [0.3, 0.4) is 0 Å². The largest absolute Gasteiger partial charge is 0.319 e. The molecule has 1 aliphatic carbocycles. The van der Waals surface area contributed by atoms with Crippen molar-refractivity contribution in [2.75, 3.05) is 13.6 Å². The summed E-state index contributed by atoms with van der Waals surface area (Å²) in [6, 6.07) is 6.11. The van der Waals surface area contributed by atoms with Crippen LogP contribution in [0.5, 0.6) is 0 Å². The third-order valence-electron chi connectivity index (χ3n) is 4.09.